The van der Waals surface area contributed by atoms with Gasteiger partial charge in [0, 0.05) is 45.0 Å². The molecule has 8 heteroatoms. The normalized spacial score (nSPS) is 27.4. The zero-order valence-electron chi connectivity index (χ0n) is 17.5. The number of nitrogens with zero attached hydrogens (tertiary/aromatic N) is 4. The molecule has 1 aromatic heterocycles. The predicted octanol–water partition coefficient (Wildman–Crippen LogP) is 1.69. The van der Waals surface area contributed by atoms with Crippen molar-refractivity contribution in [2.45, 2.75) is 76.3 Å². The van der Waals surface area contributed by atoms with Gasteiger partial charge >= 0.3 is 0 Å². The zero-order valence-corrected chi connectivity index (χ0v) is 17.5. The minimum Gasteiger partial charge on any atom is -0.375 e. The van der Waals surface area contributed by atoms with Crippen LogP contribution >= 0.6 is 0 Å². The van der Waals surface area contributed by atoms with E-state index in [4.69, 9.17) is 9.47 Å². The number of hydrogen-bond acceptors (Lipinski definition) is 5. The standard InChI is InChI=1S/C21H32N4O4/c1-3-24-13-15(12-22-24)21(27)23-8-6-18(7-9-23)29-19-10-16-4-5-17(11-19)25(16)20(26)14-28-2/h12-13,16-19H,3-11,14H2,1-2H3. The number of carbonyl (C=O) groups excluding carboxylic acids is 2. The van der Waals surface area contributed by atoms with Crippen molar-refractivity contribution in [2.75, 3.05) is 26.8 Å². The van der Waals surface area contributed by atoms with Gasteiger partial charge in [-0.1, -0.05) is 0 Å². The van der Waals surface area contributed by atoms with Crippen LogP contribution in [-0.2, 0) is 20.8 Å². The SMILES string of the molecule is CCn1cc(C(=O)N2CCC(OC3CC4CCC(C3)N4C(=O)COC)CC2)cn1. The lowest BCUT2D eigenvalue weighted by Crippen LogP contribution is -2.50. The summed E-state index contributed by atoms with van der Waals surface area (Å²) in [7, 11) is 1.57. The Morgan fingerprint density at radius 2 is 1.79 bits per heavy atom. The first kappa shape index (κ1) is 20.3. The van der Waals surface area contributed by atoms with Crippen molar-refractivity contribution in [2.24, 2.45) is 0 Å². The molecule has 3 fully saturated rings. The first-order valence-corrected chi connectivity index (χ1v) is 10.9. The van der Waals surface area contributed by atoms with E-state index in [1.54, 1.807) is 18.0 Å². The number of hydrogen-bond donors (Lipinski definition) is 0. The van der Waals surface area contributed by atoms with Gasteiger partial charge in [-0.25, -0.2) is 0 Å². The third-order valence-corrected chi connectivity index (χ3v) is 6.56. The van der Waals surface area contributed by atoms with Crippen LogP contribution in [0.4, 0.5) is 0 Å². The molecule has 2 bridgehead atoms. The van der Waals surface area contributed by atoms with Crippen LogP contribution in [0, 0.1) is 0 Å². The number of aromatic nitrogens is 2. The number of ether oxygens (including phenoxy) is 2. The summed E-state index contributed by atoms with van der Waals surface area (Å²) in [6.07, 6.45) is 9.59. The highest BCUT2D eigenvalue weighted by molar-refractivity contribution is 5.93. The van der Waals surface area contributed by atoms with Gasteiger partial charge in [0.2, 0.25) is 5.91 Å². The van der Waals surface area contributed by atoms with E-state index in [-0.39, 0.29) is 42.7 Å². The van der Waals surface area contributed by atoms with Crippen molar-refractivity contribution in [3.63, 3.8) is 0 Å². The molecule has 29 heavy (non-hydrogen) atoms. The molecule has 8 nitrogen and oxygen atoms in total. The van der Waals surface area contributed by atoms with Gasteiger partial charge in [-0.2, -0.15) is 5.10 Å². The highest BCUT2D eigenvalue weighted by Gasteiger charge is 2.44. The third kappa shape index (κ3) is 4.33. The molecule has 3 aliphatic heterocycles. The lowest BCUT2D eigenvalue weighted by atomic mass is 9.98. The quantitative estimate of drug-likeness (QED) is 0.721. The molecular formula is C21H32N4O4. The number of rotatable bonds is 6. The van der Waals surface area contributed by atoms with E-state index in [1.807, 2.05) is 22.9 Å². The number of likely N-dealkylation sites (tertiary alicyclic amines) is 1. The molecule has 2 atom stereocenters. The van der Waals surface area contributed by atoms with Crippen LogP contribution in [0.3, 0.4) is 0 Å². The second kappa shape index (κ2) is 8.83. The summed E-state index contributed by atoms with van der Waals surface area (Å²) in [6.45, 7) is 4.38. The molecule has 2 unspecified atom stereocenters. The van der Waals surface area contributed by atoms with E-state index < -0.39 is 0 Å². The number of fused-ring (bicyclic) bond motifs is 2. The van der Waals surface area contributed by atoms with Crippen LogP contribution in [-0.4, -0.2) is 82.5 Å². The summed E-state index contributed by atoms with van der Waals surface area (Å²) >= 11 is 0. The zero-order chi connectivity index (χ0) is 20.4. The summed E-state index contributed by atoms with van der Waals surface area (Å²) in [4.78, 5) is 28.9. The maximum atomic E-state index is 12.7. The fourth-order valence-electron chi connectivity index (χ4n) is 5.14. The molecule has 0 N–H and O–H groups in total. The number of methoxy groups -OCH3 is 1. The van der Waals surface area contributed by atoms with Crippen LogP contribution < -0.4 is 0 Å². The second-order valence-corrected chi connectivity index (χ2v) is 8.42. The molecule has 0 aromatic carbocycles. The van der Waals surface area contributed by atoms with Crippen molar-refractivity contribution < 1.29 is 19.1 Å². The highest BCUT2D eigenvalue weighted by Crippen LogP contribution is 2.38. The molecule has 4 rings (SSSR count). The van der Waals surface area contributed by atoms with E-state index in [0.717, 1.165) is 58.2 Å². The summed E-state index contributed by atoms with van der Waals surface area (Å²) in [5, 5.41) is 4.20. The van der Waals surface area contributed by atoms with Crippen LogP contribution in [0.2, 0.25) is 0 Å². The van der Waals surface area contributed by atoms with Gasteiger partial charge in [0.15, 0.2) is 0 Å². The molecular weight excluding hydrogens is 372 g/mol. The summed E-state index contributed by atoms with van der Waals surface area (Å²) < 4.78 is 13.3. The Bertz CT molecular complexity index is 714. The van der Waals surface area contributed by atoms with Gasteiger partial charge in [-0.05, 0) is 45.4 Å². The molecule has 160 valence electrons. The third-order valence-electron chi connectivity index (χ3n) is 6.56. The first-order valence-electron chi connectivity index (χ1n) is 10.9. The minimum absolute atomic E-state index is 0.0613. The fraction of sp³-hybridized carbons (Fsp3) is 0.762. The summed E-state index contributed by atoms with van der Waals surface area (Å²) in [6, 6.07) is 0.580. The van der Waals surface area contributed by atoms with E-state index in [1.165, 1.54) is 0 Å². The van der Waals surface area contributed by atoms with Crippen molar-refractivity contribution in [1.29, 1.82) is 0 Å². The first-order chi connectivity index (χ1) is 14.1. The Hall–Kier alpha value is -1.93. The summed E-state index contributed by atoms with van der Waals surface area (Å²) in [5.41, 5.74) is 0.663. The molecule has 0 spiro atoms. The Labute approximate surface area is 172 Å². The van der Waals surface area contributed by atoms with Crippen LogP contribution in [0.15, 0.2) is 12.4 Å². The van der Waals surface area contributed by atoms with E-state index in [9.17, 15) is 9.59 Å². The molecule has 0 saturated carbocycles. The van der Waals surface area contributed by atoms with Gasteiger partial charge in [0.05, 0.1) is 24.0 Å². The molecule has 3 aliphatic rings. The van der Waals surface area contributed by atoms with Crippen molar-refractivity contribution in [3.05, 3.63) is 18.0 Å². The maximum absolute atomic E-state index is 12.7. The van der Waals surface area contributed by atoms with Gasteiger partial charge in [-0.15, -0.1) is 0 Å². The topological polar surface area (TPSA) is 76.9 Å². The van der Waals surface area contributed by atoms with Crippen molar-refractivity contribution in [1.82, 2.24) is 19.6 Å². The van der Waals surface area contributed by atoms with Crippen LogP contribution in [0.1, 0.15) is 55.8 Å². The van der Waals surface area contributed by atoms with E-state index in [2.05, 4.69) is 5.10 Å². The van der Waals surface area contributed by atoms with Gasteiger partial charge in [-0.3, -0.25) is 14.3 Å². The molecule has 0 aliphatic carbocycles. The molecule has 2 amide bonds. The van der Waals surface area contributed by atoms with E-state index in [0.29, 0.717) is 5.56 Å². The number of carbonyl (C=O) groups is 2. The Kier molecular flexibility index (Phi) is 6.20. The fourth-order valence-corrected chi connectivity index (χ4v) is 5.14. The molecule has 0 radical (unpaired) electrons. The van der Waals surface area contributed by atoms with E-state index >= 15 is 0 Å². The smallest absolute Gasteiger partial charge is 0.257 e. The van der Waals surface area contributed by atoms with Crippen molar-refractivity contribution in [3.8, 4) is 0 Å². The lowest BCUT2D eigenvalue weighted by Gasteiger charge is -2.41. The molecule has 3 saturated heterocycles. The number of aryl methyl sites for hydroxylation is 1. The highest BCUT2D eigenvalue weighted by atomic mass is 16.5. The van der Waals surface area contributed by atoms with Crippen LogP contribution in [0.5, 0.6) is 0 Å². The lowest BCUT2D eigenvalue weighted by molar-refractivity contribution is -0.144. The van der Waals surface area contributed by atoms with Gasteiger partial charge < -0.3 is 19.3 Å². The number of piperidine rings is 2. The minimum atomic E-state index is 0.0613. The predicted molar refractivity (Wildman–Crippen MR) is 106 cm³/mol. The average Bonchev–Trinajstić information content (AvgIpc) is 3.31. The largest absolute Gasteiger partial charge is 0.375 e. The number of amides is 2. The maximum Gasteiger partial charge on any atom is 0.257 e. The second-order valence-electron chi connectivity index (χ2n) is 8.42. The molecule has 4 heterocycles. The Morgan fingerprint density at radius 3 is 2.38 bits per heavy atom. The monoisotopic (exact) mass is 404 g/mol. The van der Waals surface area contributed by atoms with Crippen LogP contribution in [0.25, 0.3) is 0 Å². The average molecular weight is 405 g/mol. The van der Waals surface area contributed by atoms with Gasteiger partial charge in [0.1, 0.15) is 6.61 Å². The van der Waals surface area contributed by atoms with Crippen molar-refractivity contribution >= 4 is 11.8 Å². The Morgan fingerprint density at radius 1 is 1.10 bits per heavy atom. The molecule has 1 aromatic rings. The van der Waals surface area contributed by atoms with Gasteiger partial charge in [0.25, 0.3) is 5.91 Å². The Balaban J connectivity index is 1.25. The summed E-state index contributed by atoms with van der Waals surface area (Å²) in [5.74, 6) is 0.169.